The van der Waals surface area contributed by atoms with E-state index in [2.05, 4.69) is 13.2 Å². The molecular formula is C15H27NO2. The summed E-state index contributed by atoms with van der Waals surface area (Å²) in [4.78, 5) is 10.6. The van der Waals surface area contributed by atoms with E-state index in [1.54, 1.807) is 13.0 Å². The second-order valence-electron chi connectivity index (χ2n) is 4.75. The maximum absolute atomic E-state index is 10.6. The van der Waals surface area contributed by atoms with Crippen LogP contribution in [0.1, 0.15) is 47.5 Å². The number of nitrogens with two attached hydrogens (primary N) is 1. The molecule has 0 fully saturated rings. The molecule has 0 amide bonds. The molecule has 0 saturated heterocycles. The van der Waals surface area contributed by atoms with Crippen molar-refractivity contribution in [2.75, 3.05) is 0 Å². The standard InChI is InChI=1S/C8H13N.C7H14O2/c1-4-6-8(5-2)7(3)9;1-5-6(8)9-7(2,3)4/h4,6H,1,3,5,9H2,2H3;5H2,1-4H3/b8-6-;. The van der Waals surface area contributed by atoms with Crippen LogP contribution in [0, 0.1) is 0 Å². The monoisotopic (exact) mass is 253 g/mol. The molecule has 0 aromatic carbocycles. The fraction of sp³-hybridized carbons (Fsp3) is 0.533. The predicted octanol–water partition coefficient (Wildman–Crippen LogP) is 3.72. The van der Waals surface area contributed by atoms with Gasteiger partial charge in [-0.25, -0.2) is 0 Å². The van der Waals surface area contributed by atoms with Crippen molar-refractivity contribution in [3.05, 3.63) is 36.6 Å². The lowest BCUT2D eigenvalue weighted by Gasteiger charge is -2.18. The molecule has 104 valence electrons. The molecule has 0 spiro atoms. The average Bonchev–Trinajstić information content (AvgIpc) is 2.23. The summed E-state index contributed by atoms with van der Waals surface area (Å²) in [7, 11) is 0. The Bertz CT molecular complexity index is 309. The van der Waals surface area contributed by atoms with Gasteiger partial charge in [-0.15, -0.1) is 0 Å². The first-order valence-corrected chi connectivity index (χ1v) is 6.16. The molecule has 0 bridgehead atoms. The van der Waals surface area contributed by atoms with E-state index in [1.165, 1.54) is 0 Å². The molecule has 0 heterocycles. The van der Waals surface area contributed by atoms with Crippen molar-refractivity contribution in [3.63, 3.8) is 0 Å². The zero-order valence-electron chi connectivity index (χ0n) is 12.4. The Hall–Kier alpha value is -1.51. The van der Waals surface area contributed by atoms with Gasteiger partial charge in [0.05, 0.1) is 0 Å². The quantitative estimate of drug-likeness (QED) is 0.613. The Morgan fingerprint density at radius 3 is 1.89 bits per heavy atom. The number of hydrogen-bond acceptors (Lipinski definition) is 3. The Kier molecular flexibility index (Phi) is 9.96. The van der Waals surface area contributed by atoms with Gasteiger partial charge in [-0.2, -0.15) is 0 Å². The SMILES string of the molecule is C=C/C=C(/CC)C(=C)N.CCC(=O)OC(C)(C)C. The lowest BCUT2D eigenvalue weighted by atomic mass is 10.1. The maximum Gasteiger partial charge on any atom is 0.306 e. The molecule has 3 nitrogen and oxygen atoms in total. The minimum Gasteiger partial charge on any atom is -0.460 e. The van der Waals surface area contributed by atoms with Gasteiger partial charge < -0.3 is 10.5 Å². The van der Waals surface area contributed by atoms with Crippen LogP contribution < -0.4 is 5.73 Å². The first-order chi connectivity index (χ1) is 8.17. The highest BCUT2D eigenvalue weighted by Crippen LogP contribution is 2.07. The van der Waals surface area contributed by atoms with Gasteiger partial charge in [0.1, 0.15) is 5.60 Å². The summed E-state index contributed by atoms with van der Waals surface area (Å²) in [5.41, 5.74) is 6.79. The maximum atomic E-state index is 10.6. The highest BCUT2D eigenvalue weighted by atomic mass is 16.6. The van der Waals surface area contributed by atoms with Crippen LogP contribution in [0.4, 0.5) is 0 Å². The van der Waals surface area contributed by atoms with E-state index in [1.807, 2.05) is 33.8 Å². The van der Waals surface area contributed by atoms with Crippen molar-refractivity contribution >= 4 is 5.97 Å². The van der Waals surface area contributed by atoms with E-state index in [-0.39, 0.29) is 11.6 Å². The first-order valence-electron chi connectivity index (χ1n) is 6.16. The van der Waals surface area contributed by atoms with Gasteiger partial charge in [0, 0.05) is 12.1 Å². The minimum absolute atomic E-state index is 0.137. The first kappa shape index (κ1) is 18.8. The number of rotatable bonds is 4. The summed E-state index contributed by atoms with van der Waals surface area (Å²) in [6.07, 6.45) is 4.97. The Labute approximate surface area is 111 Å². The number of carbonyl (C=O) groups excluding carboxylic acids is 1. The summed E-state index contributed by atoms with van der Waals surface area (Å²) in [6.45, 7) is 16.6. The van der Waals surface area contributed by atoms with Crippen LogP contribution in [-0.2, 0) is 9.53 Å². The normalized spacial score (nSPS) is 11.1. The van der Waals surface area contributed by atoms with Crippen molar-refractivity contribution in [2.45, 2.75) is 53.1 Å². The second-order valence-corrected chi connectivity index (χ2v) is 4.75. The Balaban J connectivity index is 0. The Morgan fingerprint density at radius 1 is 1.28 bits per heavy atom. The summed E-state index contributed by atoms with van der Waals surface area (Å²) in [5, 5.41) is 0. The summed E-state index contributed by atoms with van der Waals surface area (Å²) < 4.78 is 4.95. The van der Waals surface area contributed by atoms with Crippen LogP contribution in [0.15, 0.2) is 36.6 Å². The van der Waals surface area contributed by atoms with Crippen LogP contribution in [0.2, 0.25) is 0 Å². The van der Waals surface area contributed by atoms with Crippen LogP contribution in [0.25, 0.3) is 0 Å². The molecule has 2 N–H and O–H groups in total. The van der Waals surface area contributed by atoms with Gasteiger partial charge in [0.25, 0.3) is 0 Å². The van der Waals surface area contributed by atoms with E-state index in [0.29, 0.717) is 12.1 Å². The highest BCUT2D eigenvalue weighted by molar-refractivity contribution is 5.69. The van der Waals surface area contributed by atoms with Crippen molar-refractivity contribution in [3.8, 4) is 0 Å². The Morgan fingerprint density at radius 2 is 1.78 bits per heavy atom. The fourth-order valence-electron chi connectivity index (χ4n) is 1.01. The van der Waals surface area contributed by atoms with E-state index in [9.17, 15) is 4.79 Å². The van der Waals surface area contributed by atoms with E-state index >= 15 is 0 Å². The molecule has 0 aromatic heterocycles. The third-order valence-electron chi connectivity index (χ3n) is 1.82. The molecule has 0 saturated carbocycles. The van der Waals surface area contributed by atoms with Gasteiger partial charge in [0.2, 0.25) is 0 Å². The van der Waals surface area contributed by atoms with Crippen LogP contribution in [0.3, 0.4) is 0 Å². The van der Waals surface area contributed by atoms with Gasteiger partial charge in [-0.3, -0.25) is 4.79 Å². The molecule has 0 aliphatic heterocycles. The number of ether oxygens (including phenoxy) is 1. The molecule has 0 aromatic rings. The molecule has 0 radical (unpaired) electrons. The van der Waals surface area contributed by atoms with Crippen molar-refractivity contribution < 1.29 is 9.53 Å². The van der Waals surface area contributed by atoms with Crippen LogP contribution >= 0.6 is 0 Å². The molecule has 0 unspecified atom stereocenters. The smallest absolute Gasteiger partial charge is 0.306 e. The van der Waals surface area contributed by atoms with Crippen LogP contribution in [-0.4, -0.2) is 11.6 Å². The molecule has 18 heavy (non-hydrogen) atoms. The van der Waals surface area contributed by atoms with E-state index in [0.717, 1.165) is 12.0 Å². The van der Waals surface area contributed by atoms with Gasteiger partial charge in [-0.05, 0) is 32.8 Å². The van der Waals surface area contributed by atoms with E-state index in [4.69, 9.17) is 10.5 Å². The molecule has 0 aliphatic rings. The number of allylic oxidation sites excluding steroid dienone is 3. The fourth-order valence-corrected chi connectivity index (χ4v) is 1.01. The molecule has 0 aliphatic carbocycles. The number of esters is 1. The zero-order valence-corrected chi connectivity index (χ0v) is 12.4. The van der Waals surface area contributed by atoms with Crippen molar-refractivity contribution in [2.24, 2.45) is 5.73 Å². The highest BCUT2D eigenvalue weighted by Gasteiger charge is 2.13. The van der Waals surface area contributed by atoms with Gasteiger partial charge in [0.15, 0.2) is 0 Å². The predicted molar refractivity (Wildman–Crippen MR) is 78.0 cm³/mol. The van der Waals surface area contributed by atoms with Crippen LogP contribution in [0.5, 0.6) is 0 Å². The third kappa shape index (κ3) is 12.6. The summed E-state index contributed by atoms with van der Waals surface area (Å²) >= 11 is 0. The topological polar surface area (TPSA) is 52.3 Å². The molecular weight excluding hydrogens is 226 g/mol. The second kappa shape index (κ2) is 9.51. The average molecular weight is 253 g/mol. The number of hydrogen-bond donors (Lipinski definition) is 1. The lowest BCUT2D eigenvalue weighted by Crippen LogP contribution is -2.23. The molecule has 0 rings (SSSR count). The summed E-state index contributed by atoms with van der Waals surface area (Å²) in [6, 6.07) is 0. The summed E-state index contributed by atoms with van der Waals surface area (Å²) in [5.74, 6) is -0.137. The largest absolute Gasteiger partial charge is 0.460 e. The van der Waals surface area contributed by atoms with Gasteiger partial charge >= 0.3 is 5.97 Å². The zero-order chi connectivity index (χ0) is 14.8. The number of carbonyl (C=O) groups is 1. The van der Waals surface area contributed by atoms with Crippen molar-refractivity contribution in [1.82, 2.24) is 0 Å². The van der Waals surface area contributed by atoms with Crippen molar-refractivity contribution in [1.29, 1.82) is 0 Å². The molecule has 3 heteroatoms. The minimum atomic E-state index is -0.326. The third-order valence-corrected chi connectivity index (χ3v) is 1.82. The lowest BCUT2D eigenvalue weighted by molar-refractivity contribution is -0.154. The molecule has 0 atom stereocenters. The van der Waals surface area contributed by atoms with E-state index < -0.39 is 0 Å². The van der Waals surface area contributed by atoms with Gasteiger partial charge in [-0.1, -0.05) is 39.2 Å².